The van der Waals surface area contributed by atoms with Crippen LogP contribution in [0.5, 0.6) is 0 Å². The lowest BCUT2D eigenvalue weighted by Crippen LogP contribution is -2.28. The van der Waals surface area contributed by atoms with Gasteiger partial charge in [-0.2, -0.15) is 0 Å². The normalized spacial score (nSPS) is 14.9. The second-order valence-corrected chi connectivity index (χ2v) is 4.42. The molecule has 0 aromatic rings. The molecule has 1 amide bonds. The molecular formula is C10H15NO4S. The van der Waals surface area contributed by atoms with Crippen LogP contribution in [0.4, 0.5) is 0 Å². The van der Waals surface area contributed by atoms with Crippen LogP contribution in [-0.2, 0) is 14.3 Å². The highest BCUT2D eigenvalue weighted by Crippen LogP contribution is 2.11. The number of rotatable bonds is 6. The minimum Gasteiger partial charge on any atom is -0.501 e. The molecule has 6 heteroatoms. The van der Waals surface area contributed by atoms with Crippen LogP contribution in [0.1, 0.15) is 12.8 Å². The fourth-order valence-corrected chi connectivity index (χ4v) is 1.81. The zero-order valence-electron chi connectivity index (χ0n) is 8.90. The topological polar surface area (TPSA) is 75.6 Å². The predicted molar refractivity (Wildman–Crippen MR) is 61.2 cm³/mol. The summed E-state index contributed by atoms with van der Waals surface area (Å²) >= 11 is 1.29. The molecule has 1 heterocycles. The van der Waals surface area contributed by atoms with E-state index in [1.807, 2.05) is 0 Å². The number of aliphatic carboxylic acids is 1. The van der Waals surface area contributed by atoms with Crippen molar-refractivity contribution in [2.75, 3.05) is 24.7 Å². The third-order valence-corrected chi connectivity index (χ3v) is 2.93. The van der Waals surface area contributed by atoms with Gasteiger partial charge in [-0.3, -0.25) is 9.59 Å². The largest absolute Gasteiger partial charge is 0.501 e. The molecule has 0 bridgehead atoms. The van der Waals surface area contributed by atoms with Crippen molar-refractivity contribution in [3.05, 3.63) is 11.8 Å². The maximum atomic E-state index is 11.5. The third-order valence-electron chi connectivity index (χ3n) is 1.98. The van der Waals surface area contributed by atoms with E-state index in [4.69, 9.17) is 9.84 Å². The lowest BCUT2D eigenvalue weighted by Gasteiger charge is -2.13. The van der Waals surface area contributed by atoms with E-state index in [9.17, 15) is 9.59 Å². The quantitative estimate of drug-likeness (QED) is 0.671. The molecule has 1 aliphatic heterocycles. The Morgan fingerprint density at radius 1 is 1.56 bits per heavy atom. The molecule has 0 aliphatic carbocycles. The summed E-state index contributed by atoms with van der Waals surface area (Å²) < 4.78 is 5.06. The molecule has 1 rings (SSSR count). The zero-order chi connectivity index (χ0) is 11.8. The fourth-order valence-electron chi connectivity index (χ4n) is 1.24. The Kier molecular flexibility index (Phi) is 5.77. The highest BCUT2D eigenvalue weighted by atomic mass is 32.2. The van der Waals surface area contributed by atoms with Gasteiger partial charge in [-0.05, 0) is 12.8 Å². The molecule has 90 valence electrons. The minimum atomic E-state index is -0.834. The number of hydrogen-bond acceptors (Lipinski definition) is 4. The number of carboxylic acids is 1. The number of thioether (sulfide) groups is 1. The van der Waals surface area contributed by atoms with E-state index in [0.717, 1.165) is 12.8 Å². The Morgan fingerprint density at radius 2 is 2.38 bits per heavy atom. The molecule has 16 heavy (non-hydrogen) atoms. The van der Waals surface area contributed by atoms with Crippen molar-refractivity contribution >= 4 is 23.6 Å². The van der Waals surface area contributed by atoms with E-state index >= 15 is 0 Å². The van der Waals surface area contributed by atoms with E-state index < -0.39 is 5.97 Å². The Balaban J connectivity index is 2.10. The lowest BCUT2D eigenvalue weighted by molar-refractivity contribution is -0.133. The molecule has 0 aromatic heterocycles. The Morgan fingerprint density at radius 3 is 3.00 bits per heavy atom. The van der Waals surface area contributed by atoms with Gasteiger partial charge in [0.1, 0.15) is 0 Å². The van der Waals surface area contributed by atoms with E-state index in [0.29, 0.717) is 24.5 Å². The molecular weight excluding hydrogens is 230 g/mol. The van der Waals surface area contributed by atoms with Gasteiger partial charge < -0.3 is 15.2 Å². The predicted octanol–water partition coefficient (Wildman–Crippen LogP) is 0.615. The van der Waals surface area contributed by atoms with Gasteiger partial charge in [-0.1, -0.05) is 0 Å². The average molecular weight is 245 g/mol. The SMILES string of the molecule is O=C(O)CSCCNC(=O)C1=COCCC1. The first-order valence-electron chi connectivity index (χ1n) is 5.08. The van der Waals surface area contributed by atoms with Gasteiger partial charge in [0.05, 0.1) is 24.2 Å². The molecule has 5 nitrogen and oxygen atoms in total. The summed E-state index contributed by atoms with van der Waals surface area (Å²) in [4.78, 5) is 21.7. The molecule has 0 atom stereocenters. The molecule has 0 unspecified atom stereocenters. The molecule has 0 spiro atoms. The van der Waals surface area contributed by atoms with E-state index in [1.54, 1.807) is 0 Å². The van der Waals surface area contributed by atoms with Crippen molar-refractivity contribution in [1.82, 2.24) is 5.32 Å². The first kappa shape index (κ1) is 12.9. The number of hydrogen-bond donors (Lipinski definition) is 2. The number of carboxylic acid groups (broad SMARTS) is 1. The minimum absolute atomic E-state index is 0.0711. The van der Waals surface area contributed by atoms with Crippen molar-refractivity contribution in [2.24, 2.45) is 0 Å². The summed E-state index contributed by atoms with van der Waals surface area (Å²) in [5.74, 6) is -0.274. The maximum absolute atomic E-state index is 11.5. The number of carbonyl (C=O) groups is 2. The first-order chi connectivity index (χ1) is 7.70. The lowest BCUT2D eigenvalue weighted by atomic mass is 10.1. The van der Waals surface area contributed by atoms with Crippen LogP contribution < -0.4 is 5.32 Å². The van der Waals surface area contributed by atoms with E-state index in [1.165, 1.54) is 18.0 Å². The van der Waals surface area contributed by atoms with E-state index in [2.05, 4.69) is 5.32 Å². The van der Waals surface area contributed by atoms with Crippen molar-refractivity contribution in [2.45, 2.75) is 12.8 Å². The summed E-state index contributed by atoms with van der Waals surface area (Å²) in [6.07, 6.45) is 3.12. The molecule has 0 saturated heterocycles. The van der Waals surface area contributed by atoms with Crippen molar-refractivity contribution < 1.29 is 19.4 Å². The van der Waals surface area contributed by atoms with Crippen LogP contribution in [0.2, 0.25) is 0 Å². The highest BCUT2D eigenvalue weighted by Gasteiger charge is 2.12. The molecule has 0 fully saturated rings. The van der Waals surface area contributed by atoms with Gasteiger partial charge in [0.25, 0.3) is 0 Å². The molecule has 0 aromatic carbocycles. The smallest absolute Gasteiger partial charge is 0.313 e. The van der Waals surface area contributed by atoms with Crippen LogP contribution in [0, 0.1) is 0 Å². The molecule has 2 N–H and O–H groups in total. The Hall–Kier alpha value is -1.17. The van der Waals surface area contributed by atoms with Gasteiger partial charge in [-0.25, -0.2) is 0 Å². The monoisotopic (exact) mass is 245 g/mol. The average Bonchev–Trinajstić information content (AvgIpc) is 2.29. The number of nitrogens with one attached hydrogen (secondary N) is 1. The van der Waals surface area contributed by atoms with Gasteiger partial charge in [0, 0.05) is 12.3 Å². The summed E-state index contributed by atoms with van der Waals surface area (Å²) in [6, 6.07) is 0. The first-order valence-corrected chi connectivity index (χ1v) is 6.24. The van der Waals surface area contributed by atoms with Crippen LogP contribution in [0.25, 0.3) is 0 Å². The van der Waals surface area contributed by atoms with Crippen LogP contribution in [-0.4, -0.2) is 41.6 Å². The van der Waals surface area contributed by atoms with Crippen molar-refractivity contribution in [1.29, 1.82) is 0 Å². The van der Waals surface area contributed by atoms with Gasteiger partial charge in [-0.15, -0.1) is 11.8 Å². The summed E-state index contributed by atoms with van der Waals surface area (Å²) in [5, 5.41) is 11.1. The highest BCUT2D eigenvalue weighted by molar-refractivity contribution is 7.99. The van der Waals surface area contributed by atoms with E-state index in [-0.39, 0.29) is 11.7 Å². The number of ether oxygens (including phenoxy) is 1. The number of carbonyl (C=O) groups excluding carboxylic acids is 1. The van der Waals surface area contributed by atoms with Crippen molar-refractivity contribution in [3.63, 3.8) is 0 Å². The third kappa shape index (κ3) is 5.06. The van der Waals surface area contributed by atoms with Gasteiger partial charge in [0.15, 0.2) is 0 Å². The fraction of sp³-hybridized carbons (Fsp3) is 0.600. The Bertz CT molecular complexity index is 291. The molecule has 0 saturated carbocycles. The standard InChI is InChI=1S/C10H15NO4S/c12-9(13)7-16-5-3-11-10(14)8-2-1-4-15-6-8/h6H,1-5,7H2,(H,11,14)(H,12,13). The summed E-state index contributed by atoms with van der Waals surface area (Å²) in [7, 11) is 0. The second kappa shape index (κ2) is 7.16. The van der Waals surface area contributed by atoms with Gasteiger partial charge in [0.2, 0.25) is 5.91 Å². The van der Waals surface area contributed by atoms with Crippen LogP contribution >= 0.6 is 11.8 Å². The van der Waals surface area contributed by atoms with Crippen LogP contribution in [0.15, 0.2) is 11.8 Å². The summed E-state index contributed by atoms with van der Waals surface area (Å²) in [6.45, 7) is 1.15. The van der Waals surface area contributed by atoms with Crippen LogP contribution in [0.3, 0.4) is 0 Å². The summed E-state index contributed by atoms with van der Waals surface area (Å²) in [5.41, 5.74) is 0.662. The van der Waals surface area contributed by atoms with Crippen molar-refractivity contribution in [3.8, 4) is 0 Å². The zero-order valence-corrected chi connectivity index (χ0v) is 9.72. The molecule has 1 aliphatic rings. The maximum Gasteiger partial charge on any atom is 0.313 e. The second-order valence-electron chi connectivity index (χ2n) is 3.32. The van der Waals surface area contributed by atoms with Gasteiger partial charge >= 0.3 is 5.97 Å². The number of amides is 1. The Labute approximate surface area is 98.2 Å². The molecule has 0 radical (unpaired) electrons.